The average molecular weight is 365 g/mol. The molecule has 4 heteroatoms. The van der Waals surface area contributed by atoms with Crippen LogP contribution in [0.25, 0.3) is 0 Å². The minimum atomic E-state index is -0.326. The highest BCUT2D eigenvalue weighted by atomic mass is 16.5. The summed E-state index contributed by atoms with van der Waals surface area (Å²) in [6, 6.07) is 0. The van der Waals surface area contributed by atoms with Crippen molar-refractivity contribution < 1.29 is 19.1 Å². The number of ether oxygens (including phenoxy) is 2. The van der Waals surface area contributed by atoms with Crippen molar-refractivity contribution in [2.75, 3.05) is 6.61 Å². The molecule has 0 aliphatic carbocycles. The number of unbranched alkanes of at least 4 members (excludes halogenated alkanes) is 6. The predicted molar refractivity (Wildman–Crippen MR) is 104 cm³/mol. The number of allylic oxidation sites excluding steroid dienone is 2. The van der Waals surface area contributed by atoms with E-state index >= 15 is 0 Å². The normalized spacial score (nSPS) is 20.0. The molecule has 1 aliphatic heterocycles. The fourth-order valence-corrected chi connectivity index (χ4v) is 3.68. The van der Waals surface area contributed by atoms with E-state index in [1.54, 1.807) is 13.8 Å². The Labute approximate surface area is 159 Å². The van der Waals surface area contributed by atoms with Gasteiger partial charge in [-0.1, -0.05) is 51.5 Å². The van der Waals surface area contributed by atoms with Gasteiger partial charge in [0.15, 0.2) is 0 Å². The van der Waals surface area contributed by atoms with Gasteiger partial charge in [0, 0.05) is 5.92 Å². The number of carbonyl (C=O) groups is 2. The van der Waals surface area contributed by atoms with Gasteiger partial charge in [0.25, 0.3) is 0 Å². The van der Waals surface area contributed by atoms with E-state index in [1.165, 1.54) is 19.3 Å². The highest BCUT2D eigenvalue weighted by Gasteiger charge is 2.40. The van der Waals surface area contributed by atoms with Crippen LogP contribution < -0.4 is 0 Å². The lowest BCUT2D eigenvalue weighted by atomic mass is 9.77. The molecular formula is C22H36O4. The fraction of sp³-hybridized carbons (Fsp3) is 0.727. The van der Waals surface area contributed by atoms with Gasteiger partial charge in [-0.05, 0) is 39.5 Å². The van der Waals surface area contributed by atoms with Gasteiger partial charge in [-0.15, -0.1) is 6.58 Å². The second kappa shape index (κ2) is 12.7. The smallest absolute Gasteiger partial charge is 0.337 e. The van der Waals surface area contributed by atoms with Gasteiger partial charge >= 0.3 is 11.9 Å². The summed E-state index contributed by atoms with van der Waals surface area (Å²) in [7, 11) is 0. The quantitative estimate of drug-likeness (QED) is 0.238. The van der Waals surface area contributed by atoms with Gasteiger partial charge in [0.05, 0.1) is 18.1 Å². The van der Waals surface area contributed by atoms with Crippen LogP contribution in [0.1, 0.15) is 85.0 Å². The van der Waals surface area contributed by atoms with Crippen molar-refractivity contribution in [3.8, 4) is 0 Å². The third kappa shape index (κ3) is 6.97. The third-order valence-corrected chi connectivity index (χ3v) is 5.08. The summed E-state index contributed by atoms with van der Waals surface area (Å²) in [5.41, 5.74) is 0.580. The van der Waals surface area contributed by atoms with E-state index in [0.29, 0.717) is 17.9 Å². The van der Waals surface area contributed by atoms with Crippen LogP contribution in [-0.2, 0) is 19.1 Å². The van der Waals surface area contributed by atoms with Crippen molar-refractivity contribution in [1.82, 2.24) is 0 Å². The Kier molecular flexibility index (Phi) is 11.0. The Morgan fingerprint density at radius 1 is 1.08 bits per heavy atom. The van der Waals surface area contributed by atoms with Crippen molar-refractivity contribution in [1.29, 1.82) is 0 Å². The molecule has 0 unspecified atom stereocenters. The molecule has 148 valence electrons. The van der Waals surface area contributed by atoms with Gasteiger partial charge in [-0.25, -0.2) is 4.79 Å². The van der Waals surface area contributed by atoms with Gasteiger partial charge in [0.2, 0.25) is 0 Å². The molecule has 0 amide bonds. The molecule has 4 nitrogen and oxygen atoms in total. The molecule has 0 aromatic rings. The van der Waals surface area contributed by atoms with Crippen molar-refractivity contribution >= 4 is 11.9 Å². The molecule has 0 saturated heterocycles. The van der Waals surface area contributed by atoms with Crippen LogP contribution >= 0.6 is 0 Å². The largest absolute Gasteiger partial charge is 0.463 e. The molecular weight excluding hydrogens is 328 g/mol. The zero-order chi connectivity index (χ0) is 19.4. The maximum absolute atomic E-state index is 12.5. The molecule has 2 atom stereocenters. The zero-order valence-corrected chi connectivity index (χ0v) is 16.9. The van der Waals surface area contributed by atoms with E-state index in [4.69, 9.17) is 9.47 Å². The third-order valence-electron chi connectivity index (χ3n) is 5.08. The summed E-state index contributed by atoms with van der Waals surface area (Å²) in [5.74, 6) is -0.375. The number of esters is 2. The summed E-state index contributed by atoms with van der Waals surface area (Å²) >= 11 is 0. The first-order valence-corrected chi connectivity index (χ1v) is 10.3. The van der Waals surface area contributed by atoms with E-state index < -0.39 is 0 Å². The lowest BCUT2D eigenvalue weighted by molar-refractivity contribution is -0.150. The molecule has 0 bridgehead atoms. The summed E-state index contributed by atoms with van der Waals surface area (Å²) in [6.45, 7) is 9.71. The van der Waals surface area contributed by atoms with Crippen molar-refractivity contribution in [3.63, 3.8) is 0 Å². The van der Waals surface area contributed by atoms with Crippen LogP contribution in [0.4, 0.5) is 0 Å². The molecule has 26 heavy (non-hydrogen) atoms. The summed E-state index contributed by atoms with van der Waals surface area (Å²) in [4.78, 5) is 24.9. The molecule has 0 spiro atoms. The van der Waals surface area contributed by atoms with E-state index in [1.807, 2.05) is 6.08 Å². The van der Waals surface area contributed by atoms with Crippen LogP contribution in [-0.4, -0.2) is 18.5 Å². The Balaban J connectivity index is 2.72. The second-order valence-corrected chi connectivity index (χ2v) is 7.10. The van der Waals surface area contributed by atoms with Gasteiger partial charge < -0.3 is 9.47 Å². The first-order chi connectivity index (χ1) is 12.6. The van der Waals surface area contributed by atoms with Crippen LogP contribution in [0.2, 0.25) is 0 Å². The highest BCUT2D eigenvalue weighted by molar-refractivity contribution is 5.92. The number of rotatable bonds is 13. The van der Waals surface area contributed by atoms with Gasteiger partial charge in [0.1, 0.15) is 5.76 Å². The Morgan fingerprint density at radius 2 is 1.73 bits per heavy atom. The minimum Gasteiger partial charge on any atom is -0.463 e. The molecule has 0 aromatic carbocycles. The predicted octanol–water partition coefficient (Wildman–Crippen LogP) is 5.72. The molecule has 0 fully saturated rings. The molecule has 0 N–H and O–H groups in total. The van der Waals surface area contributed by atoms with Crippen LogP contribution in [0.3, 0.4) is 0 Å². The molecule has 1 rings (SSSR count). The maximum Gasteiger partial charge on any atom is 0.337 e. The van der Waals surface area contributed by atoms with Crippen LogP contribution in [0.5, 0.6) is 0 Å². The zero-order valence-electron chi connectivity index (χ0n) is 16.9. The van der Waals surface area contributed by atoms with Crippen LogP contribution in [0, 0.1) is 11.8 Å². The Morgan fingerprint density at radius 3 is 2.38 bits per heavy atom. The lowest BCUT2D eigenvalue weighted by Crippen LogP contribution is -2.35. The number of cyclic esters (lactones) is 1. The molecule has 0 radical (unpaired) electrons. The van der Waals surface area contributed by atoms with Gasteiger partial charge in [-0.2, -0.15) is 0 Å². The van der Waals surface area contributed by atoms with E-state index in [0.717, 1.165) is 44.9 Å². The standard InChI is InChI=1S/C22H36O4/c1-5-8-10-11-12-13-14-16-19-18(15-9-6-2)20(22(24)25-7-3)17(4)26-21(19)23/h5,18-19H,1,6-16H2,2-4H3/t18-,19-/m1/s1. The number of hydrogen-bond acceptors (Lipinski definition) is 4. The van der Waals surface area contributed by atoms with E-state index in [-0.39, 0.29) is 23.8 Å². The summed E-state index contributed by atoms with van der Waals surface area (Å²) in [5, 5.41) is 0. The highest BCUT2D eigenvalue weighted by Crippen LogP contribution is 2.38. The first kappa shape index (κ1) is 22.5. The lowest BCUT2D eigenvalue weighted by Gasteiger charge is -2.32. The van der Waals surface area contributed by atoms with Crippen molar-refractivity contribution in [2.24, 2.45) is 11.8 Å². The molecule has 0 saturated carbocycles. The molecule has 1 heterocycles. The maximum atomic E-state index is 12.5. The average Bonchev–Trinajstić information content (AvgIpc) is 2.60. The molecule has 1 aliphatic rings. The second-order valence-electron chi connectivity index (χ2n) is 7.10. The first-order valence-electron chi connectivity index (χ1n) is 10.3. The number of hydrogen-bond donors (Lipinski definition) is 0. The van der Waals surface area contributed by atoms with E-state index in [2.05, 4.69) is 13.5 Å². The van der Waals surface area contributed by atoms with Crippen LogP contribution in [0.15, 0.2) is 24.0 Å². The van der Waals surface area contributed by atoms with Crippen molar-refractivity contribution in [3.05, 3.63) is 24.0 Å². The topological polar surface area (TPSA) is 52.6 Å². The minimum absolute atomic E-state index is 0.0731. The summed E-state index contributed by atoms with van der Waals surface area (Å²) < 4.78 is 10.7. The summed E-state index contributed by atoms with van der Waals surface area (Å²) in [6.07, 6.45) is 12.3. The van der Waals surface area contributed by atoms with E-state index in [9.17, 15) is 9.59 Å². The fourth-order valence-electron chi connectivity index (χ4n) is 3.68. The Hall–Kier alpha value is -1.58. The SMILES string of the molecule is C=CCCCCCCC[C@H]1C(=O)OC(C)=C(C(=O)OCC)[C@@H]1CCCC. The van der Waals surface area contributed by atoms with Gasteiger partial charge in [-0.3, -0.25) is 4.79 Å². The number of carbonyl (C=O) groups excluding carboxylic acids is 2. The van der Waals surface area contributed by atoms with Crippen molar-refractivity contribution in [2.45, 2.75) is 85.0 Å². The monoisotopic (exact) mass is 364 g/mol. The molecule has 0 aromatic heterocycles. The Bertz CT molecular complexity index is 492.